The van der Waals surface area contributed by atoms with Crippen molar-refractivity contribution in [3.63, 3.8) is 0 Å². The van der Waals surface area contributed by atoms with Crippen LogP contribution in [0.5, 0.6) is 0 Å². The molecule has 0 spiro atoms. The molecule has 1 saturated heterocycles. The Bertz CT molecular complexity index is 1310. The fourth-order valence-electron chi connectivity index (χ4n) is 5.58. The molecular weight excluding hydrogens is 476 g/mol. The van der Waals surface area contributed by atoms with Crippen molar-refractivity contribution in [1.29, 1.82) is 0 Å². The van der Waals surface area contributed by atoms with Crippen molar-refractivity contribution in [2.45, 2.75) is 50.3 Å². The number of Topliss-reactive ketones (excluding diaryl/α,β-unsaturated/α-hetero) is 1. The second-order valence-corrected chi connectivity index (χ2v) is 11.7. The van der Waals surface area contributed by atoms with Crippen LogP contribution < -0.4 is 0 Å². The van der Waals surface area contributed by atoms with E-state index in [-0.39, 0.29) is 41.5 Å². The minimum absolute atomic E-state index is 0.108. The summed E-state index contributed by atoms with van der Waals surface area (Å²) in [6.07, 6.45) is 5.65. The molecule has 1 aliphatic carbocycles. The summed E-state index contributed by atoms with van der Waals surface area (Å²) in [5, 5.41) is 0. The third kappa shape index (κ3) is 4.28. The summed E-state index contributed by atoms with van der Waals surface area (Å²) in [5.41, 5.74) is 2.35. The number of ketones is 1. The molecule has 2 bridgehead atoms. The number of aryl methyl sites for hydroxylation is 1. The molecule has 2 aromatic rings. The number of sulfonamides is 1. The highest BCUT2D eigenvalue weighted by Gasteiger charge is 2.42. The Kier molecular flexibility index (Phi) is 6.55. The van der Waals surface area contributed by atoms with E-state index in [1.54, 1.807) is 48.5 Å². The average Bonchev–Trinajstić information content (AvgIpc) is 3.09. The zero-order valence-electron chi connectivity index (χ0n) is 20.4. The van der Waals surface area contributed by atoms with Crippen LogP contribution in [0, 0.1) is 18.8 Å². The van der Waals surface area contributed by atoms with Crippen LogP contribution in [-0.4, -0.2) is 48.3 Å². The van der Waals surface area contributed by atoms with Gasteiger partial charge in [-0.05, 0) is 63.3 Å². The monoisotopic (exact) mass is 506 g/mol. The molecular formula is C28H30N2O5S. The van der Waals surface area contributed by atoms with Crippen molar-refractivity contribution < 1.29 is 22.8 Å². The number of imide groups is 1. The van der Waals surface area contributed by atoms with E-state index in [4.69, 9.17) is 0 Å². The lowest BCUT2D eigenvalue weighted by atomic mass is 9.78. The Balaban J connectivity index is 1.38. The molecule has 2 amide bonds. The third-order valence-corrected chi connectivity index (χ3v) is 9.38. The largest absolute Gasteiger partial charge is 0.299 e. The standard InChI is InChI=1S/C28H30N2O5S/c1-19-12-14-21(15-13-19)36(34,35)30-18-16-20-7-6-10-24(26(20)31)25(30)11-4-5-17-29-27(32)22-8-2-3-9-23(22)28(29)33/h2-3,8-9,11-15,20,24H,4-7,10,16-18H2,1H3/b25-11+. The van der Waals surface area contributed by atoms with Gasteiger partial charge in [0.2, 0.25) is 0 Å². The van der Waals surface area contributed by atoms with Crippen molar-refractivity contribution in [2.24, 2.45) is 11.8 Å². The van der Waals surface area contributed by atoms with E-state index < -0.39 is 15.9 Å². The highest BCUT2D eigenvalue weighted by molar-refractivity contribution is 7.89. The second kappa shape index (κ2) is 9.65. The summed E-state index contributed by atoms with van der Waals surface area (Å²) in [7, 11) is -3.83. The number of nitrogens with zero attached hydrogens (tertiary/aromatic N) is 2. The first-order valence-electron chi connectivity index (χ1n) is 12.6. The molecule has 8 heteroatoms. The summed E-state index contributed by atoms with van der Waals surface area (Å²) in [5.74, 6) is -1.01. The van der Waals surface area contributed by atoms with E-state index in [1.807, 2.05) is 13.0 Å². The van der Waals surface area contributed by atoms with Gasteiger partial charge in [0.1, 0.15) is 5.78 Å². The number of carbonyl (C=O) groups excluding carboxylic acids is 3. The fourth-order valence-corrected chi connectivity index (χ4v) is 7.14. The van der Waals surface area contributed by atoms with Crippen LogP contribution in [0.25, 0.3) is 0 Å². The summed E-state index contributed by atoms with van der Waals surface area (Å²) in [6, 6.07) is 13.6. The maximum absolute atomic E-state index is 13.7. The minimum Gasteiger partial charge on any atom is -0.299 e. The molecule has 0 radical (unpaired) electrons. The SMILES string of the molecule is Cc1ccc(S(=O)(=O)N2CCC3CCCC(C3=O)/C2=C\CCCN2C(=O)c3ccccc3C2=O)cc1. The van der Waals surface area contributed by atoms with Crippen LogP contribution in [0.1, 0.15) is 64.8 Å². The number of rotatable bonds is 6. The minimum atomic E-state index is -3.83. The lowest BCUT2D eigenvalue weighted by Crippen LogP contribution is -2.35. The van der Waals surface area contributed by atoms with E-state index in [0.29, 0.717) is 42.5 Å². The molecule has 1 saturated carbocycles. The quantitative estimate of drug-likeness (QED) is 0.429. The number of hydrogen-bond donors (Lipinski definition) is 0. The van der Waals surface area contributed by atoms with Crippen molar-refractivity contribution >= 4 is 27.6 Å². The number of allylic oxidation sites excluding steroid dienone is 2. The Labute approximate surface area is 211 Å². The maximum Gasteiger partial charge on any atom is 0.264 e. The first kappa shape index (κ1) is 24.4. The van der Waals surface area contributed by atoms with Gasteiger partial charge >= 0.3 is 0 Å². The summed E-state index contributed by atoms with van der Waals surface area (Å²) < 4.78 is 28.8. The van der Waals surface area contributed by atoms with Gasteiger partial charge in [0, 0.05) is 24.7 Å². The van der Waals surface area contributed by atoms with Crippen LogP contribution >= 0.6 is 0 Å². The first-order chi connectivity index (χ1) is 17.3. The second-order valence-electron chi connectivity index (χ2n) is 9.84. The number of unbranched alkanes of at least 4 members (excludes halogenated alkanes) is 1. The van der Waals surface area contributed by atoms with E-state index in [0.717, 1.165) is 18.4 Å². The maximum atomic E-state index is 13.7. The highest BCUT2D eigenvalue weighted by atomic mass is 32.2. The molecule has 3 aliphatic rings. The predicted molar refractivity (Wildman–Crippen MR) is 135 cm³/mol. The Morgan fingerprint density at radius 2 is 1.58 bits per heavy atom. The molecule has 2 atom stereocenters. The molecule has 2 unspecified atom stereocenters. The summed E-state index contributed by atoms with van der Waals surface area (Å²) >= 11 is 0. The molecule has 7 nitrogen and oxygen atoms in total. The van der Waals surface area contributed by atoms with Crippen LogP contribution in [0.15, 0.2) is 65.2 Å². The number of amides is 2. The third-order valence-electron chi connectivity index (χ3n) is 7.54. The molecule has 0 aromatic heterocycles. The van der Waals surface area contributed by atoms with Crippen LogP contribution in [-0.2, 0) is 14.8 Å². The molecule has 0 N–H and O–H groups in total. The predicted octanol–water partition coefficient (Wildman–Crippen LogP) is 4.34. The van der Waals surface area contributed by atoms with Crippen LogP contribution in [0.2, 0.25) is 0 Å². The number of carbonyl (C=O) groups is 3. The normalized spacial score (nSPS) is 23.2. The number of benzene rings is 2. The Morgan fingerprint density at radius 3 is 2.25 bits per heavy atom. The van der Waals surface area contributed by atoms with Gasteiger partial charge in [0.05, 0.1) is 21.9 Å². The number of fused-ring (bicyclic) bond motifs is 3. The molecule has 2 heterocycles. The molecule has 36 heavy (non-hydrogen) atoms. The zero-order chi connectivity index (χ0) is 25.4. The van der Waals surface area contributed by atoms with Crippen molar-refractivity contribution in [3.05, 3.63) is 77.0 Å². The topological polar surface area (TPSA) is 91.8 Å². The first-order valence-corrected chi connectivity index (χ1v) is 14.0. The molecule has 5 rings (SSSR count). The van der Waals surface area contributed by atoms with Gasteiger partial charge < -0.3 is 0 Å². The van der Waals surface area contributed by atoms with Crippen molar-refractivity contribution in [3.8, 4) is 0 Å². The molecule has 2 aliphatic heterocycles. The average molecular weight is 507 g/mol. The van der Waals surface area contributed by atoms with Gasteiger partial charge in [-0.1, -0.05) is 42.3 Å². The van der Waals surface area contributed by atoms with Gasteiger partial charge in [0.15, 0.2) is 0 Å². The van der Waals surface area contributed by atoms with E-state index in [1.165, 1.54) is 9.21 Å². The number of hydrogen-bond acceptors (Lipinski definition) is 5. The van der Waals surface area contributed by atoms with Gasteiger partial charge in [-0.3, -0.25) is 23.6 Å². The van der Waals surface area contributed by atoms with Crippen LogP contribution in [0.4, 0.5) is 0 Å². The summed E-state index contributed by atoms with van der Waals surface area (Å²) in [4.78, 5) is 40.0. The smallest absolute Gasteiger partial charge is 0.264 e. The lowest BCUT2D eigenvalue weighted by molar-refractivity contribution is -0.127. The Morgan fingerprint density at radius 1 is 0.917 bits per heavy atom. The molecule has 2 aromatic carbocycles. The van der Waals surface area contributed by atoms with Crippen molar-refractivity contribution in [2.75, 3.05) is 13.1 Å². The van der Waals surface area contributed by atoms with E-state index in [9.17, 15) is 22.8 Å². The van der Waals surface area contributed by atoms with Gasteiger partial charge in [-0.2, -0.15) is 0 Å². The van der Waals surface area contributed by atoms with Gasteiger partial charge in [0.25, 0.3) is 21.8 Å². The van der Waals surface area contributed by atoms with Crippen molar-refractivity contribution in [1.82, 2.24) is 9.21 Å². The van der Waals surface area contributed by atoms with E-state index in [2.05, 4.69) is 0 Å². The highest BCUT2D eigenvalue weighted by Crippen LogP contribution is 2.40. The zero-order valence-corrected chi connectivity index (χ0v) is 21.2. The van der Waals surface area contributed by atoms with Gasteiger partial charge in [-0.15, -0.1) is 0 Å². The molecule has 2 fully saturated rings. The van der Waals surface area contributed by atoms with E-state index >= 15 is 0 Å². The molecule has 188 valence electrons. The van der Waals surface area contributed by atoms with Crippen LogP contribution in [0.3, 0.4) is 0 Å². The Hall–Kier alpha value is -3.26. The lowest BCUT2D eigenvalue weighted by Gasteiger charge is -2.30. The fraction of sp³-hybridized carbons (Fsp3) is 0.393. The van der Waals surface area contributed by atoms with Gasteiger partial charge in [-0.25, -0.2) is 8.42 Å². The summed E-state index contributed by atoms with van der Waals surface area (Å²) in [6.45, 7) is 2.42.